The second-order valence-electron chi connectivity index (χ2n) is 4.33. The van der Waals surface area contributed by atoms with Crippen LogP contribution in [-0.4, -0.2) is 14.1 Å². The lowest BCUT2D eigenvalue weighted by Crippen LogP contribution is -2.12. The Hall–Kier alpha value is -2.65. The number of nitrogens with one attached hydrogen (secondary N) is 1. The molecule has 0 amide bonds. The van der Waals surface area contributed by atoms with Crippen LogP contribution < -0.4 is 4.18 Å². The number of aryl methyl sites for hydroxylation is 1. The molecule has 0 atom stereocenters. The molecule has 0 spiro atoms. The summed E-state index contributed by atoms with van der Waals surface area (Å²) >= 11 is 0. The van der Waals surface area contributed by atoms with Crippen molar-refractivity contribution in [1.29, 1.82) is 10.7 Å². The van der Waals surface area contributed by atoms with Crippen LogP contribution >= 0.6 is 0 Å². The molecule has 6 heteroatoms. The number of para-hydroxylation sites is 1. The molecule has 0 saturated carbocycles. The maximum Gasteiger partial charge on any atom is 0.339 e. The largest absolute Gasteiger partial charge is 0.378 e. The molecule has 0 aromatic heterocycles. The molecule has 2 aromatic carbocycles. The Kier molecular flexibility index (Phi) is 4.05. The monoisotopic (exact) mass is 300 g/mol. The van der Waals surface area contributed by atoms with Gasteiger partial charge in [-0.3, -0.25) is 5.41 Å². The smallest absolute Gasteiger partial charge is 0.339 e. The molecule has 0 bridgehead atoms. The molecule has 0 fully saturated rings. The predicted molar refractivity (Wildman–Crippen MR) is 77.9 cm³/mol. The minimum absolute atomic E-state index is 0.0198. The first-order valence-corrected chi connectivity index (χ1v) is 7.44. The molecule has 1 N–H and O–H groups in total. The number of nitrogens with zero attached hydrogens (tertiary/aromatic N) is 1. The third kappa shape index (κ3) is 3.27. The molecule has 0 aliphatic heterocycles. The average molecular weight is 300 g/mol. The minimum Gasteiger partial charge on any atom is -0.378 e. The number of nitriles is 1. The Bertz CT molecular complexity index is 819. The van der Waals surface area contributed by atoms with E-state index in [1.165, 1.54) is 24.3 Å². The van der Waals surface area contributed by atoms with Crippen molar-refractivity contribution in [2.24, 2.45) is 0 Å². The fourth-order valence-electron chi connectivity index (χ4n) is 1.68. The molecule has 0 heterocycles. The Labute approximate surface area is 123 Å². The first kappa shape index (κ1) is 14.8. The number of hydrogen-bond acceptors (Lipinski definition) is 5. The highest BCUT2D eigenvalue weighted by Gasteiger charge is 2.19. The second-order valence-corrected chi connectivity index (χ2v) is 5.88. The molecular formula is C15H12N2O3S. The van der Waals surface area contributed by atoms with Crippen molar-refractivity contribution >= 4 is 15.8 Å². The van der Waals surface area contributed by atoms with E-state index in [4.69, 9.17) is 14.9 Å². The van der Waals surface area contributed by atoms with E-state index in [2.05, 4.69) is 0 Å². The number of rotatable bonds is 4. The highest BCUT2D eigenvalue weighted by molar-refractivity contribution is 7.87. The standard InChI is InChI=1S/C15H12N2O3S/c1-11-6-8-12(9-7-11)21(18,19)20-15-5-3-2-4-13(15)14(17)10-16/h2-9,17H,1H3. The zero-order valence-electron chi connectivity index (χ0n) is 11.2. The lowest BCUT2D eigenvalue weighted by Gasteiger charge is -2.10. The summed E-state index contributed by atoms with van der Waals surface area (Å²) < 4.78 is 29.5. The van der Waals surface area contributed by atoms with Gasteiger partial charge in [0, 0.05) is 0 Å². The van der Waals surface area contributed by atoms with E-state index in [1.54, 1.807) is 30.3 Å². The van der Waals surface area contributed by atoms with Gasteiger partial charge in [-0.05, 0) is 31.2 Å². The summed E-state index contributed by atoms with van der Waals surface area (Å²) in [5.41, 5.74) is 0.709. The van der Waals surface area contributed by atoms with E-state index in [0.29, 0.717) is 0 Å². The van der Waals surface area contributed by atoms with Gasteiger partial charge in [-0.2, -0.15) is 13.7 Å². The van der Waals surface area contributed by atoms with Crippen LogP contribution in [0.15, 0.2) is 53.4 Å². The van der Waals surface area contributed by atoms with Gasteiger partial charge in [0.1, 0.15) is 16.7 Å². The van der Waals surface area contributed by atoms with Crippen LogP contribution in [0.2, 0.25) is 0 Å². The zero-order valence-corrected chi connectivity index (χ0v) is 12.0. The lowest BCUT2D eigenvalue weighted by atomic mass is 10.1. The molecule has 0 unspecified atom stereocenters. The van der Waals surface area contributed by atoms with Crippen molar-refractivity contribution in [3.8, 4) is 11.8 Å². The van der Waals surface area contributed by atoms with Crippen molar-refractivity contribution in [2.45, 2.75) is 11.8 Å². The molecule has 5 nitrogen and oxygen atoms in total. The molecule has 0 aliphatic rings. The SMILES string of the molecule is Cc1ccc(S(=O)(=O)Oc2ccccc2C(=N)C#N)cc1. The molecule has 106 valence electrons. The van der Waals surface area contributed by atoms with Crippen molar-refractivity contribution in [3.05, 3.63) is 59.7 Å². The fourth-order valence-corrected chi connectivity index (χ4v) is 2.62. The Morgan fingerprint density at radius 1 is 1.14 bits per heavy atom. The fraction of sp³-hybridized carbons (Fsp3) is 0.0667. The van der Waals surface area contributed by atoms with E-state index in [9.17, 15) is 8.42 Å². The summed E-state index contributed by atoms with van der Waals surface area (Å²) in [5.74, 6) is -0.0374. The van der Waals surface area contributed by atoms with E-state index in [1.807, 2.05) is 6.92 Å². The van der Waals surface area contributed by atoms with Gasteiger partial charge >= 0.3 is 10.1 Å². The molecule has 2 rings (SSSR count). The normalized spacial score (nSPS) is 10.7. The van der Waals surface area contributed by atoms with Crippen LogP contribution in [0.5, 0.6) is 5.75 Å². The van der Waals surface area contributed by atoms with Crippen LogP contribution in [0, 0.1) is 23.7 Å². The predicted octanol–water partition coefficient (Wildman–Crippen LogP) is 2.65. The summed E-state index contributed by atoms with van der Waals surface area (Å²) in [4.78, 5) is 0.0198. The molecular weight excluding hydrogens is 288 g/mol. The first-order valence-electron chi connectivity index (χ1n) is 6.03. The van der Waals surface area contributed by atoms with Gasteiger partial charge < -0.3 is 4.18 Å². The van der Waals surface area contributed by atoms with Gasteiger partial charge in [-0.1, -0.05) is 29.8 Å². The highest BCUT2D eigenvalue weighted by Crippen LogP contribution is 2.23. The van der Waals surface area contributed by atoms with Gasteiger partial charge in [0.2, 0.25) is 0 Å². The van der Waals surface area contributed by atoms with Crippen molar-refractivity contribution in [3.63, 3.8) is 0 Å². The third-order valence-electron chi connectivity index (χ3n) is 2.78. The molecule has 0 radical (unpaired) electrons. The van der Waals surface area contributed by atoms with Crippen LogP contribution in [0.3, 0.4) is 0 Å². The number of hydrogen-bond donors (Lipinski definition) is 1. The van der Waals surface area contributed by atoms with Crippen molar-refractivity contribution < 1.29 is 12.6 Å². The summed E-state index contributed by atoms with van der Waals surface area (Å²) in [7, 11) is -4.00. The quantitative estimate of drug-likeness (QED) is 0.694. The van der Waals surface area contributed by atoms with Crippen LogP contribution in [0.1, 0.15) is 11.1 Å². The molecule has 2 aromatic rings. The molecule has 21 heavy (non-hydrogen) atoms. The van der Waals surface area contributed by atoms with E-state index in [0.717, 1.165) is 5.56 Å². The Morgan fingerprint density at radius 3 is 2.38 bits per heavy atom. The second kappa shape index (κ2) is 5.77. The highest BCUT2D eigenvalue weighted by atomic mass is 32.2. The Balaban J connectivity index is 2.40. The van der Waals surface area contributed by atoms with E-state index >= 15 is 0 Å². The maximum absolute atomic E-state index is 12.2. The first-order chi connectivity index (χ1) is 9.94. The average Bonchev–Trinajstić information content (AvgIpc) is 2.47. The van der Waals surface area contributed by atoms with Crippen LogP contribution in [-0.2, 0) is 10.1 Å². The minimum atomic E-state index is -4.00. The van der Waals surface area contributed by atoms with Gasteiger partial charge in [0.25, 0.3) is 0 Å². The van der Waals surface area contributed by atoms with E-state index in [-0.39, 0.29) is 21.9 Å². The van der Waals surface area contributed by atoms with Crippen molar-refractivity contribution in [1.82, 2.24) is 0 Å². The maximum atomic E-state index is 12.2. The lowest BCUT2D eigenvalue weighted by molar-refractivity contribution is 0.485. The van der Waals surface area contributed by atoms with Gasteiger partial charge in [0.05, 0.1) is 5.56 Å². The number of benzene rings is 2. The Morgan fingerprint density at radius 2 is 1.76 bits per heavy atom. The summed E-state index contributed by atoms with van der Waals surface area (Å²) in [6, 6.07) is 13.9. The van der Waals surface area contributed by atoms with Crippen LogP contribution in [0.25, 0.3) is 0 Å². The van der Waals surface area contributed by atoms with Crippen molar-refractivity contribution in [2.75, 3.05) is 0 Å². The topological polar surface area (TPSA) is 91.0 Å². The third-order valence-corrected chi connectivity index (χ3v) is 4.03. The zero-order chi connectivity index (χ0) is 15.5. The van der Waals surface area contributed by atoms with Crippen LogP contribution in [0.4, 0.5) is 0 Å². The summed E-state index contributed by atoms with van der Waals surface area (Å²) in [5, 5.41) is 16.3. The molecule has 0 aliphatic carbocycles. The van der Waals surface area contributed by atoms with E-state index < -0.39 is 10.1 Å². The van der Waals surface area contributed by atoms with Gasteiger partial charge in [-0.15, -0.1) is 0 Å². The summed E-state index contributed by atoms with van der Waals surface area (Å²) in [6.45, 7) is 1.85. The molecule has 0 saturated heterocycles. The summed E-state index contributed by atoms with van der Waals surface area (Å²) in [6.07, 6.45) is 0. The van der Waals surface area contributed by atoms with Gasteiger partial charge in [-0.25, -0.2) is 0 Å². The van der Waals surface area contributed by atoms with Gasteiger partial charge in [0.15, 0.2) is 5.75 Å².